The second-order valence-corrected chi connectivity index (χ2v) is 16.5. The molecule has 0 bridgehead atoms. The van der Waals surface area contributed by atoms with Gasteiger partial charge in [0.15, 0.2) is 17.0 Å². The zero-order valence-electron chi connectivity index (χ0n) is 36.2. The average Bonchev–Trinajstić information content (AvgIpc) is 3.92. The van der Waals surface area contributed by atoms with Gasteiger partial charge < -0.3 is 25.0 Å². The number of nitrogens with two attached hydrogens (primary N) is 1. The summed E-state index contributed by atoms with van der Waals surface area (Å²) >= 11 is 0. The topological polar surface area (TPSA) is 188 Å². The van der Waals surface area contributed by atoms with E-state index in [1.165, 1.54) is 18.7 Å². The number of benzene rings is 4. The average molecular weight is 881 g/mol. The Bertz CT molecular complexity index is 3060. The van der Waals surface area contributed by atoms with E-state index in [1.807, 2.05) is 119 Å². The maximum atomic E-state index is 14.5. The monoisotopic (exact) mass is 880 g/mol. The number of ether oxygens (including phenoxy) is 2. The molecule has 4 aromatic carbocycles. The third-order valence-electron chi connectivity index (χ3n) is 12.4. The number of anilines is 1. The number of fused-ring (bicyclic) bond motifs is 2. The molecule has 0 aliphatic carbocycles. The molecule has 0 spiro atoms. The van der Waals surface area contributed by atoms with Crippen molar-refractivity contribution in [1.82, 2.24) is 48.9 Å². The number of aromatic nitrogens is 8. The van der Waals surface area contributed by atoms with Crippen LogP contribution in [-0.4, -0.2) is 86.9 Å². The van der Waals surface area contributed by atoms with Crippen LogP contribution in [0.3, 0.4) is 0 Å². The number of nitrogen functional groups attached to an aromatic ring is 1. The Morgan fingerprint density at radius 3 is 1.98 bits per heavy atom. The van der Waals surface area contributed by atoms with Crippen LogP contribution in [-0.2, 0) is 16.1 Å². The number of amides is 2. The lowest BCUT2D eigenvalue weighted by Gasteiger charge is -2.35. The maximum absolute atomic E-state index is 14.5. The molecule has 6 heterocycles. The van der Waals surface area contributed by atoms with E-state index >= 15 is 0 Å². The van der Waals surface area contributed by atoms with Crippen molar-refractivity contribution >= 4 is 28.7 Å². The lowest BCUT2D eigenvalue weighted by atomic mass is 10.0. The molecule has 0 saturated carbocycles. The van der Waals surface area contributed by atoms with Crippen LogP contribution in [0.4, 0.5) is 5.82 Å². The van der Waals surface area contributed by atoms with Crippen LogP contribution in [0.5, 0.6) is 23.0 Å². The fourth-order valence-electron chi connectivity index (χ4n) is 9.29. The van der Waals surface area contributed by atoms with E-state index in [9.17, 15) is 9.59 Å². The minimum absolute atomic E-state index is 0.0225. The van der Waals surface area contributed by atoms with E-state index in [2.05, 4.69) is 30.9 Å². The highest BCUT2D eigenvalue weighted by Crippen LogP contribution is 2.39. The first kappa shape index (κ1) is 41.8. The number of nitrogens with one attached hydrogen (secondary N) is 1. The van der Waals surface area contributed by atoms with Crippen LogP contribution in [0.1, 0.15) is 44.2 Å². The fourth-order valence-corrected chi connectivity index (χ4v) is 9.29. The lowest BCUT2D eigenvalue weighted by Crippen LogP contribution is -2.42. The molecule has 2 aromatic heterocycles. The SMILES string of the molecule is C=CC(=O)N1CCC[C@H](n2c3ncnc(=N)c-3c(-c3ccc(Oc4ccccc4)cc3)n2CCC(=O)N2CCC[C@@H](n3nc(-c4ccc(Oc5ccccc5)cc4)c4c(N)ncnc43)C2)C1. The summed E-state index contributed by atoms with van der Waals surface area (Å²) in [5, 5.41) is 14.8. The third-order valence-corrected chi connectivity index (χ3v) is 12.4. The van der Waals surface area contributed by atoms with Gasteiger partial charge in [0.25, 0.3) is 0 Å². The molecular formula is C50H48N12O4. The second-order valence-electron chi connectivity index (χ2n) is 16.5. The van der Waals surface area contributed by atoms with E-state index in [4.69, 9.17) is 30.7 Å². The molecule has 332 valence electrons. The minimum Gasteiger partial charge on any atom is -0.457 e. The summed E-state index contributed by atoms with van der Waals surface area (Å²) in [6.07, 6.45) is 7.46. The Hall–Kier alpha value is -8.14. The summed E-state index contributed by atoms with van der Waals surface area (Å²) in [6.45, 7) is 6.07. The highest BCUT2D eigenvalue weighted by molar-refractivity contribution is 5.98. The third kappa shape index (κ3) is 8.24. The molecule has 2 amide bonds. The number of likely N-dealkylation sites (tertiary alicyclic amines) is 2. The summed E-state index contributed by atoms with van der Waals surface area (Å²) in [7, 11) is 0. The maximum Gasteiger partial charge on any atom is 0.246 e. The van der Waals surface area contributed by atoms with Crippen molar-refractivity contribution in [3.05, 3.63) is 140 Å². The first-order valence-electron chi connectivity index (χ1n) is 22.2. The van der Waals surface area contributed by atoms with Crippen molar-refractivity contribution in [3.8, 4) is 56.9 Å². The molecule has 4 aliphatic heterocycles. The molecule has 66 heavy (non-hydrogen) atoms. The van der Waals surface area contributed by atoms with Gasteiger partial charge in [0.05, 0.1) is 28.7 Å². The number of hydrogen-bond acceptors (Lipinski definition) is 11. The van der Waals surface area contributed by atoms with E-state index in [1.54, 1.807) is 4.90 Å². The first-order valence-corrected chi connectivity index (χ1v) is 22.2. The zero-order chi connectivity index (χ0) is 45.1. The fraction of sp³-hybridized carbons (Fsp3) is 0.240. The largest absolute Gasteiger partial charge is 0.457 e. The van der Waals surface area contributed by atoms with Crippen LogP contribution >= 0.6 is 0 Å². The molecule has 16 nitrogen and oxygen atoms in total. The molecule has 2 fully saturated rings. The quantitative estimate of drug-likeness (QED) is 0.114. The number of carbonyl (C=O) groups is 2. The molecule has 4 aliphatic rings. The van der Waals surface area contributed by atoms with E-state index in [0.717, 1.165) is 42.6 Å². The van der Waals surface area contributed by atoms with Crippen LogP contribution < -0.4 is 20.7 Å². The van der Waals surface area contributed by atoms with Gasteiger partial charge in [-0.2, -0.15) is 5.10 Å². The van der Waals surface area contributed by atoms with Gasteiger partial charge in [0, 0.05) is 50.3 Å². The van der Waals surface area contributed by atoms with Gasteiger partial charge >= 0.3 is 0 Å². The summed E-state index contributed by atoms with van der Waals surface area (Å²) < 4.78 is 18.2. The minimum atomic E-state index is -0.187. The normalized spacial score (nSPS) is 16.4. The van der Waals surface area contributed by atoms with Crippen molar-refractivity contribution in [3.63, 3.8) is 0 Å². The molecule has 3 N–H and O–H groups in total. The molecule has 10 rings (SSSR count). The second kappa shape index (κ2) is 18.2. The zero-order valence-corrected chi connectivity index (χ0v) is 36.2. The highest BCUT2D eigenvalue weighted by atomic mass is 16.5. The molecule has 0 radical (unpaired) electrons. The predicted octanol–water partition coefficient (Wildman–Crippen LogP) is 7.91. The van der Waals surface area contributed by atoms with Crippen LogP contribution in [0, 0.1) is 5.41 Å². The summed E-state index contributed by atoms with van der Waals surface area (Å²) in [5.41, 5.74) is 10.8. The molecule has 0 unspecified atom stereocenters. The van der Waals surface area contributed by atoms with Crippen molar-refractivity contribution in [1.29, 1.82) is 5.41 Å². The number of hydrogen-bond donors (Lipinski definition) is 2. The lowest BCUT2D eigenvalue weighted by molar-refractivity contribution is -0.133. The van der Waals surface area contributed by atoms with Gasteiger partial charge in [-0.05, 0) is 105 Å². The number of nitrogens with zero attached hydrogens (tertiary/aromatic N) is 10. The summed E-state index contributed by atoms with van der Waals surface area (Å²) in [5.74, 6) is 3.53. The highest BCUT2D eigenvalue weighted by Gasteiger charge is 2.34. The van der Waals surface area contributed by atoms with Crippen molar-refractivity contribution in [2.24, 2.45) is 0 Å². The van der Waals surface area contributed by atoms with Crippen LogP contribution in [0.25, 0.3) is 44.9 Å². The van der Waals surface area contributed by atoms with Gasteiger partial charge in [-0.25, -0.2) is 24.6 Å². The summed E-state index contributed by atoms with van der Waals surface area (Å²) in [6, 6.07) is 34.2. The van der Waals surface area contributed by atoms with Gasteiger partial charge in [-0.3, -0.25) is 24.4 Å². The Labute approximate surface area is 380 Å². The van der Waals surface area contributed by atoms with Gasteiger partial charge in [0.1, 0.15) is 47.2 Å². The standard InChI is InChI=1S/C50H48N12O4/c1-2-41(63)58-26-10-12-36(30-58)62-50-44(48(52)54-32-56-50)46(34-19-23-40(24-20-34)66-38-15-7-4-8-16-38)60(62)28-25-42(64)59-27-9-11-35(29-59)61-49-43(47(51)53-31-55-49)45(57-61)33-17-21-39(22-18-33)65-37-13-5-3-6-14-37/h2-8,13-24,31-32,35-36,52H,1,9-12,25-30H2,(H2,51,53,55)/t35-,36+/m1/s1. The van der Waals surface area contributed by atoms with Crippen LogP contribution in [0.2, 0.25) is 0 Å². The van der Waals surface area contributed by atoms with Crippen molar-refractivity contribution < 1.29 is 19.1 Å². The van der Waals surface area contributed by atoms with Crippen molar-refractivity contribution in [2.75, 3.05) is 31.9 Å². The summed E-state index contributed by atoms with van der Waals surface area (Å²) in [4.78, 5) is 49.2. The number of rotatable bonds is 12. The van der Waals surface area contributed by atoms with E-state index in [-0.39, 0.29) is 42.4 Å². The molecule has 6 aromatic rings. The Kier molecular flexibility index (Phi) is 11.5. The Morgan fingerprint density at radius 2 is 1.32 bits per heavy atom. The van der Waals surface area contributed by atoms with Crippen molar-refractivity contribution in [2.45, 2.75) is 50.7 Å². The van der Waals surface area contributed by atoms with E-state index < -0.39 is 0 Å². The Balaban J connectivity index is 0.948. The number of para-hydroxylation sites is 2. The number of carbonyl (C=O) groups excluding carboxylic acids is 2. The van der Waals surface area contributed by atoms with Gasteiger partial charge in [-0.15, -0.1) is 0 Å². The first-order chi connectivity index (χ1) is 32.3. The molecular weight excluding hydrogens is 833 g/mol. The van der Waals surface area contributed by atoms with Gasteiger partial charge in [0.2, 0.25) is 11.8 Å². The van der Waals surface area contributed by atoms with Crippen LogP contribution in [0.15, 0.2) is 135 Å². The molecule has 2 atom stereocenters. The predicted molar refractivity (Wildman–Crippen MR) is 249 cm³/mol. The van der Waals surface area contributed by atoms with Gasteiger partial charge in [-0.1, -0.05) is 43.0 Å². The van der Waals surface area contributed by atoms with E-state index in [0.29, 0.717) is 83.1 Å². The molecule has 16 heteroatoms. The molecule has 2 saturated heterocycles. The number of piperidine rings is 2. The smallest absolute Gasteiger partial charge is 0.246 e. The Morgan fingerprint density at radius 1 is 0.727 bits per heavy atom.